The van der Waals surface area contributed by atoms with Crippen LogP contribution in [0.25, 0.3) is 0 Å². The van der Waals surface area contributed by atoms with E-state index in [9.17, 15) is 14.4 Å². The van der Waals surface area contributed by atoms with Crippen molar-refractivity contribution in [2.24, 2.45) is 23.7 Å². The highest BCUT2D eigenvalue weighted by Crippen LogP contribution is 2.60. The van der Waals surface area contributed by atoms with Crippen molar-refractivity contribution in [1.82, 2.24) is 4.90 Å². The van der Waals surface area contributed by atoms with Crippen LogP contribution in [0, 0.1) is 23.7 Å². The Kier molecular flexibility index (Phi) is 6.97. The minimum atomic E-state index is -0.151. The Balaban J connectivity index is 1.21. The lowest BCUT2D eigenvalue weighted by Crippen LogP contribution is -2.37. The fourth-order valence-corrected chi connectivity index (χ4v) is 7.76. The third-order valence-electron chi connectivity index (χ3n) is 6.57. The summed E-state index contributed by atoms with van der Waals surface area (Å²) in [6.07, 6.45) is 3.52. The zero-order valence-corrected chi connectivity index (χ0v) is 21.6. The van der Waals surface area contributed by atoms with E-state index >= 15 is 0 Å². The number of unbranched alkanes of at least 4 members (excludes halogenated alkanes) is 2. The first-order valence-electron chi connectivity index (χ1n) is 10.2. The molecular formula is C21H22Br3ClN2O3. The molecule has 3 aliphatic rings. The van der Waals surface area contributed by atoms with E-state index in [0.29, 0.717) is 36.5 Å². The third-order valence-corrected chi connectivity index (χ3v) is 10.6. The number of likely N-dealkylation sites (tertiary alicyclic amines) is 1. The second kappa shape index (κ2) is 9.20. The van der Waals surface area contributed by atoms with E-state index in [1.54, 1.807) is 12.1 Å². The number of hydrogen-bond donors (Lipinski definition) is 1. The van der Waals surface area contributed by atoms with Crippen LogP contribution in [-0.4, -0.2) is 38.8 Å². The van der Waals surface area contributed by atoms with Gasteiger partial charge in [0, 0.05) is 27.1 Å². The maximum atomic E-state index is 12.9. The maximum Gasteiger partial charge on any atom is 0.233 e. The highest BCUT2D eigenvalue weighted by molar-refractivity contribution is 9.12. The van der Waals surface area contributed by atoms with E-state index in [1.165, 1.54) is 4.90 Å². The molecule has 30 heavy (non-hydrogen) atoms. The van der Waals surface area contributed by atoms with Gasteiger partial charge in [0.25, 0.3) is 0 Å². The molecule has 1 aromatic rings. The van der Waals surface area contributed by atoms with Crippen LogP contribution in [0.3, 0.4) is 0 Å². The van der Waals surface area contributed by atoms with Gasteiger partial charge >= 0.3 is 0 Å². The molecule has 1 aromatic carbocycles. The van der Waals surface area contributed by atoms with Crippen LogP contribution in [0.5, 0.6) is 0 Å². The van der Waals surface area contributed by atoms with Gasteiger partial charge in [-0.25, -0.2) is 0 Å². The van der Waals surface area contributed by atoms with Crippen LogP contribution in [0.4, 0.5) is 5.69 Å². The van der Waals surface area contributed by atoms with Crippen molar-refractivity contribution in [3.63, 3.8) is 0 Å². The molecule has 0 unspecified atom stereocenters. The van der Waals surface area contributed by atoms with Gasteiger partial charge in [0.2, 0.25) is 17.7 Å². The fraction of sp³-hybridized carbons (Fsp3) is 0.571. The van der Waals surface area contributed by atoms with Crippen LogP contribution in [0.1, 0.15) is 32.1 Å². The summed E-state index contributed by atoms with van der Waals surface area (Å²) in [4.78, 5) is 39.9. The zero-order valence-electron chi connectivity index (χ0n) is 16.1. The number of alkyl halides is 2. The summed E-state index contributed by atoms with van der Waals surface area (Å²) in [6, 6.07) is 5.31. The number of benzene rings is 1. The molecule has 1 heterocycles. The standard InChI is InChI=1S/C21H22Br3ClN2O3/c22-10-5-6-14(13(25)8-10)26-15(28)4-2-1-3-7-27-20(29)16-11-9-12(17(16)21(27)30)19(24)18(11)23/h5-6,8,11-12,16-19H,1-4,7,9H2,(H,26,28)/t11-,12-,16-,17-,18+,19+/m1/s1. The molecule has 6 atom stereocenters. The number of nitrogens with one attached hydrogen (secondary N) is 1. The van der Waals surface area contributed by atoms with Crippen molar-refractivity contribution in [1.29, 1.82) is 0 Å². The highest BCUT2D eigenvalue weighted by atomic mass is 79.9. The van der Waals surface area contributed by atoms with Crippen LogP contribution in [-0.2, 0) is 14.4 Å². The quantitative estimate of drug-likeness (QED) is 0.252. The number of hydrogen-bond acceptors (Lipinski definition) is 3. The van der Waals surface area contributed by atoms with Crippen molar-refractivity contribution in [2.75, 3.05) is 11.9 Å². The van der Waals surface area contributed by atoms with Gasteiger partial charge in [-0.05, 0) is 49.3 Å². The van der Waals surface area contributed by atoms with E-state index in [4.69, 9.17) is 11.6 Å². The van der Waals surface area contributed by atoms with Crippen LogP contribution in [0.2, 0.25) is 5.02 Å². The first-order chi connectivity index (χ1) is 14.3. The van der Waals surface area contributed by atoms with Gasteiger partial charge in [-0.3, -0.25) is 19.3 Å². The monoisotopic (exact) mass is 622 g/mol. The summed E-state index contributed by atoms with van der Waals surface area (Å²) in [5.74, 6) is 0.113. The second-order valence-electron chi connectivity index (χ2n) is 8.31. The topological polar surface area (TPSA) is 66.5 Å². The largest absolute Gasteiger partial charge is 0.325 e. The number of imide groups is 1. The lowest BCUT2D eigenvalue weighted by molar-refractivity contribution is -0.140. The summed E-state index contributed by atoms with van der Waals surface area (Å²) < 4.78 is 0.854. The van der Waals surface area contributed by atoms with Crippen molar-refractivity contribution in [3.8, 4) is 0 Å². The SMILES string of the molecule is O=C(CCCCCN1C(=O)[C@@H]2[C@H]3C[C@@H]([C@H](Br)[C@H]3Br)[C@H]2C1=O)Nc1ccc(Br)cc1Cl. The predicted octanol–water partition coefficient (Wildman–Crippen LogP) is 5.38. The summed E-state index contributed by atoms with van der Waals surface area (Å²) in [7, 11) is 0. The van der Waals surface area contributed by atoms with Gasteiger partial charge in [-0.15, -0.1) is 0 Å². The molecule has 5 nitrogen and oxygen atoms in total. The predicted molar refractivity (Wildman–Crippen MR) is 127 cm³/mol. The van der Waals surface area contributed by atoms with E-state index < -0.39 is 0 Å². The number of carbonyl (C=O) groups is 3. The summed E-state index contributed by atoms with van der Waals surface area (Å²) >= 11 is 16.9. The molecule has 9 heteroatoms. The first-order valence-corrected chi connectivity index (χ1v) is 13.2. The summed E-state index contributed by atoms with van der Waals surface area (Å²) in [5.41, 5.74) is 0.592. The maximum absolute atomic E-state index is 12.9. The summed E-state index contributed by atoms with van der Waals surface area (Å²) in [5, 5.41) is 3.30. The van der Waals surface area contributed by atoms with Crippen LogP contribution >= 0.6 is 59.4 Å². The van der Waals surface area contributed by atoms with E-state index in [0.717, 1.165) is 17.3 Å². The Morgan fingerprint density at radius 3 is 2.30 bits per heavy atom. The number of rotatable bonds is 7. The van der Waals surface area contributed by atoms with Gasteiger partial charge in [-0.2, -0.15) is 0 Å². The molecule has 2 aliphatic carbocycles. The van der Waals surface area contributed by atoms with Crippen LogP contribution < -0.4 is 5.32 Å². The molecule has 0 aromatic heterocycles. The van der Waals surface area contributed by atoms with Gasteiger partial charge in [0.05, 0.1) is 22.5 Å². The van der Waals surface area contributed by atoms with E-state index in [2.05, 4.69) is 53.1 Å². The molecule has 3 amide bonds. The van der Waals surface area contributed by atoms with Gasteiger partial charge in [-0.1, -0.05) is 65.8 Å². The molecular weight excluding hydrogens is 603 g/mol. The lowest BCUT2D eigenvalue weighted by atomic mass is 9.81. The Morgan fingerprint density at radius 2 is 1.70 bits per heavy atom. The van der Waals surface area contributed by atoms with Gasteiger partial charge < -0.3 is 5.32 Å². The minimum Gasteiger partial charge on any atom is -0.325 e. The molecule has 1 aliphatic heterocycles. The molecule has 1 N–H and O–H groups in total. The molecule has 0 spiro atoms. The van der Waals surface area contributed by atoms with Gasteiger partial charge in [0.15, 0.2) is 0 Å². The molecule has 3 fully saturated rings. The lowest BCUT2D eigenvalue weighted by Gasteiger charge is -2.28. The molecule has 2 bridgehead atoms. The molecule has 1 saturated heterocycles. The normalized spacial score (nSPS) is 32.1. The van der Waals surface area contributed by atoms with Crippen molar-refractivity contribution in [2.45, 2.75) is 41.8 Å². The minimum absolute atomic E-state index is 0.00368. The molecule has 0 radical (unpaired) electrons. The third kappa shape index (κ3) is 4.14. The summed E-state index contributed by atoms with van der Waals surface area (Å²) in [6.45, 7) is 0.449. The number of fused-ring (bicyclic) bond motifs is 5. The smallest absolute Gasteiger partial charge is 0.233 e. The van der Waals surface area contributed by atoms with Gasteiger partial charge in [0.1, 0.15) is 0 Å². The number of anilines is 1. The Labute approximate surface area is 206 Å². The Morgan fingerprint density at radius 1 is 1.07 bits per heavy atom. The highest BCUT2D eigenvalue weighted by Gasteiger charge is 2.66. The number of halogens is 4. The first kappa shape index (κ1) is 22.7. The second-order valence-corrected chi connectivity index (χ2v) is 11.8. The zero-order chi connectivity index (χ0) is 21.6. The average molecular weight is 626 g/mol. The number of amides is 3. The molecule has 162 valence electrons. The van der Waals surface area contributed by atoms with Crippen molar-refractivity contribution in [3.05, 3.63) is 27.7 Å². The number of carbonyl (C=O) groups excluding carboxylic acids is 3. The number of nitrogens with zero attached hydrogens (tertiary/aromatic N) is 1. The van der Waals surface area contributed by atoms with Crippen LogP contribution in [0.15, 0.2) is 22.7 Å². The van der Waals surface area contributed by atoms with Crippen molar-refractivity contribution >= 4 is 82.8 Å². The Bertz CT molecular complexity index is 851. The van der Waals surface area contributed by atoms with E-state index in [1.807, 2.05) is 6.07 Å². The Hall–Kier alpha value is -0.440. The molecule has 4 rings (SSSR count). The average Bonchev–Trinajstić information content (AvgIpc) is 3.30. The van der Waals surface area contributed by atoms with E-state index in [-0.39, 0.29) is 51.0 Å². The molecule has 2 saturated carbocycles. The van der Waals surface area contributed by atoms with Crippen molar-refractivity contribution < 1.29 is 14.4 Å². The fourth-order valence-electron chi connectivity index (χ4n) is 5.17.